The molecule has 1 atom stereocenters. The maximum Gasteiger partial charge on any atom is 0.159 e. The van der Waals surface area contributed by atoms with E-state index < -0.39 is 0 Å². The first-order valence-corrected chi connectivity index (χ1v) is 5.65. The van der Waals surface area contributed by atoms with Crippen LogP contribution in [0, 0.1) is 5.92 Å². The molecule has 1 aromatic heterocycles. The Morgan fingerprint density at radius 2 is 2.38 bits per heavy atom. The molecule has 0 amide bonds. The molecule has 2 rings (SSSR count). The van der Waals surface area contributed by atoms with E-state index in [9.17, 15) is 0 Å². The van der Waals surface area contributed by atoms with Crippen molar-refractivity contribution in [3.63, 3.8) is 0 Å². The molecule has 1 aliphatic carbocycles. The zero-order valence-corrected chi connectivity index (χ0v) is 8.68. The number of hydrogen-bond acceptors (Lipinski definition) is 4. The van der Waals surface area contributed by atoms with Crippen LogP contribution in [0.15, 0.2) is 0 Å². The molecule has 0 aliphatic heterocycles. The summed E-state index contributed by atoms with van der Waals surface area (Å²) >= 11 is 1.52. The van der Waals surface area contributed by atoms with E-state index in [0.717, 1.165) is 24.6 Å². The van der Waals surface area contributed by atoms with Gasteiger partial charge in [0.2, 0.25) is 0 Å². The van der Waals surface area contributed by atoms with Gasteiger partial charge in [-0.3, -0.25) is 0 Å². The molecule has 2 N–H and O–H groups in total. The van der Waals surface area contributed by atoms with E-state index in [1.54, 1.807) is 0 Å². The fourth-order valence-electron chi connectivity index (χ4n) is 1.25. The lowest BCUT2D eigenvalue weighted by atomic mass is 10.2. The average Bonchev–Trinajstić information content (AvgIpc) is 2.81. The highest BCUT2D eigenvalue weighted by atomic mass is 32.1. The van der Waals surface area contributed by atoms with Gasteiger partial charge in [0.15, 0.2) is 5.82 Å². The molecule has 4 heteroatoms. The summed E-state index contributed by atoms with van der Waals surface area (Å²) in [5, 5.41) is 1.17. The molecule has 1 fully saturated rings. The van der Waals surface area contributed by atoms with E-state index in [4.69, 9.17) is 5.73 Å². The summed E-state index contributed by atoms with van der Waals surface area (Å²) in [5.41, 5.74) is 5.84. The fourth-order valence-corrected chi connectivity index (χ4v) is 2.07. The molecule has 13 heavy (non-hydrogen) atoms. The fraction of sp³-hybridized carbons (Fsp3) is 0.778. The smallest absolute Gasteiger partial charge is 0.159 e. The number of rotatable bonds is 4. The van der Waals surface area contributed by atoms with Gasteiger partial charge in [0.05, 0.1) is 6.04 Å². The van der Waals surface area contributed by atoms with Gasteiger partial charge in [-0.05, 0) is 36.7 Å². The van der Waals surface area contributed by atoms with Crippen LogP contribution in [0.25, 0.3) is 0 Å². The third-order valence-corrected chi connectivity index (χ3v) is 3.16. The quantitative estimate of drug-likeness (QED) is 0.802. The molecule has 0 spiro atoms. The van der Waals surface area contributed by atoms with Gasteiger partial charge in [-0.1, -0.05) is 6.92 Å². The Hall–Kier alpha value is -0.480. The molecule has 1 aromatic rings. The molecule has 0 aromatic carbocycles. The van der Waals surface area contributed by atoms with Crippen LogP contribution in [0.4, 0.5) is 0 Å². The second kappa shape index (κ2) is 3.72. The van der Waals surface area contributed by atoms with Crippen LogP contribution in [0.1, 0.15) is 43.1 Å². The van der Waals surface area contributed by atoms with Gasteiger partial charge in [0, 0.05) is 6.42 Å². The highest BCUT2D eigenvalue weighted by molar-refractivity contribution is 7.05. The SMILES string of the molecule is CCC(N)c1nsc(CC2CC2)n1. The summed E-state index contributed by atoms with van der Waals surface area (Å²) in [6, 6.07) is 0.0317. The molecule has 1 saturated carbocycles. The van der Waals surface area contributed by atoms with Crippen LogP contribution in [-0.4, -0.2) is 9.36 Å². The Labute approximate surface area is 82.5 Å². The predicted octanol–water partition coefficient (Wildman–Crippen LogP) is 1.90. The largest absolute Gasteiger partial charge is 0.321 e. The second-order valence-corrected chi connectivity index (χ2v) is 4.54. The molecule has 1 aliphatic rings. The highest BCUT2D eigenvalue weighted by Gasteiger charge is 2.23. The van der Waals surface area contributed by atoms with Crippen LogP contribution >= 0.6 is 11.5 Å². The summed E-state index contributed by atoms with van der Waals surface area (Å²) in [7, 11) is 0. The van der Waals surface area contributed by atoms with Gasteiger partial charge in [0.25, 0.3) is 0 Å². The molecular weight excluding hydrogens is 182 g/mol. The van der Waals surface area contributed by atoms with Crippen molar-refractivity contribution < 1.29 is 0 Å². The third kappa shape index (κ3) is 2.25. The maximum absolute atomic E-state index is 5.84. The number of aromatic nitrogens is 2. The molecule has 0 bridgehead atoms. The predicted molar refractivity (Wildman–Crippen MR) is 53.6 cm³/mol. The summed E-state index contributed by atoms with van der Waals surface area (Å²) < 4.78 is 4.27. The Kier molecular flexibility index (Phi) is 2.60. The zero-order valence-electron chi connectivity index (χ0n) is 7.86. The molecule has 0 radical (unpaired) electrons. The van der Waals surface area contributed by atoms with E-state index in [2.05, 4.69) is 16.3 Å². The normalized spacial score (nSPS) is 18.9. The third-order valence-electron chi connectivity index (χ3n) is 2.42. The Morgan fingerprint density at radius 1 is 1.62 bits per heavy atom. The standard InChI is InChI=1S/C9H15N3S/c1-2-7(10)9-11-8(13-12-9)5-6-3-4-6/h6-7H,2-5,10H2,1H3. The van der Waals surface area contributed by atoms with Crippen molar-refractivity contribution >= 4 is 11.5 Å². The van der Waals surface area contributed by atoms with Crippen LogP contribution in [0.3, 0.4) is 0 Å². The number of nitrogens with two attached hydrogens (primary N) is 1. The first kappa shape index (κ1) is 9.09. The molecular formula is C9H15N3S. The van der Waals surface area contributed by atoms with E-state index in [-0.39, 0.29) is 6.04 Å². The summed E-state index contributed by atoms with van der Waals surface area (Å²) in [6.45, 7) is 2.06. The van der Waals surface area contributed by atoms with Gasteiger partial charge in [-0.15, -0.1) is 0 Å². The van der Waals surface area contributed by atoms with Gasteiger partial charge >= 0.3 is 0 Å². The van der Waals surface area contributed by atoms with Gasteiger partial charge in [-0.2, -0.15) is 4.37 Å². The summed E-state index contributed by atoms with van der Waals surface area (Å²) in [6.07, 6.45) is 4.77. The molecule has 1 heterocycles. The van der Waals surface area contributed by atoms with Gasteiger partial charge in [-0.25, -0.2) is 4.98 Å². The van der Waals surface area contributed by atoms with E-state index in [0.29, 0.717) is 0 Å². The van der Waals surface area contributed by atoms with Crippen LogP contribution in [0.2, 0.25) is 0 Å². The minimum Gasteiger partial charge on any atom is -0.321 e. The van der Waals surface area contributed by atoms with E-state index >= 15 is 0 Å². The Morgan fingerprint density at radius 3 is 3.00 bits per heavy atom. The van der Waals surface area contributed by atoms with Crippen molar-refractivity contribution in [3.05, 3.63) is 10.8 Å². The monoisotopic (exact) mass is 197 g/mol. The molecule has 0 saturated heterocycles. The Bertz CT molecular complexity index is 280. The van der Waals surface area contributed by atoms with E-state index in [1.165, 1.54) is 29.4 Å². The Balaban J connectivity index is 1.99. The van der Waals surface area contributed by atoms with Crippen molar-refractivity contribution in [3.8, 4) is 0 Å². The lowest BCUT2D eigenvalue weighted by molar-refractivity contribution is 0.655. The highest BCUT2D eigenvalue weighted by Crippen LogP contribution is 2.33. The summed E-state index contributed by atoms with van der Waals surface area (Å²) in [4.78, 5) is 4.44. The average molecular weight is 197 g/mol. The zero-order chi connectivity index (χ0) is 9.26. The number of hydrogen-bond donors (Lipinski definition) is 1. The van der Waals surface area contributed by atoms with Crippen LogP contribution < -0.4 is 5.73 Å². The topological polar surface area (TPSA) is 51.8 Å². The second-order valence-electron chi connectivity index (χ2n) is 3.71. The van der Waals surface area contributed by atoms with Gasteiger partial charge in [0.1, 0.15) is 5.01 Å². The minimum atomic E-state index is 0.0317. The lowest BCUT2D eigenvalue weighted by Crippen LogP contribution is -2.10. The van der Waals surface area contributed by atoms with E-state index in [1.807, 2.05) is 0 Å². The van der Waals surface area contributed by atoms with Gasteiger partial charge < -0.3 is 5.73 Å². The molecule has 1 unspecified atom stereocenters. The van der Waals surface area contributed by atoms with Crippen molar-refractivity contribution in [2.75, 3.05) is 0 Å². The van der Waals surface area contributed by atoms with Crippen LogP contribution in [-0.2, 0) is 6.42 Å². The summed E-state index contributed by atoms with van der Waals surface area (Å²) in [5.74, 6) is 1.72. The molecule has 72 valence electrons. The first-order valence-electron chi connectivity index (χ1n) is 4.87. The van der Waals surface area contributed by atoms with Crippen molar-refractivity contribution in [1.29, 1.82) is 0 Å². The van der Waals surface area contributed by atoms with Crippen molar-refractivity contribution in [2.45, 2.75) is 38.6 Å². The first-order chi connectivity index (χ1) is 6.29. The number of nitrogens with zero attached hydrogens (tertiary/aromatic N) is 2. The minimum absolute atomic E-state index is 0.0317. The van der Waals surface area contributed by atoms with Crippen molar-refractivity contribution in [2.24, 2.45) is 11.7 Å². The van der Waals surface area contributed by atoms with Crippen LogP contribution in [0.5, 0.6) is 0 Å². The maximum atomic E-state index is 5.84. The molecule has 3 nitrogen and oxygen atoms in total. The lowest BCUT2D eigenvalue weighted by Gasteiger charge is -2.00. The van der Waals surface area contributed by atoms with Crippen molar-refractivity contribution in [1.82, 2.24) is 9.36 Å².